The van der Waals surface area contributed by atoms with Crippen LogP contribution in [0.4, 0.5) is 0 Å². The number of rotatable bonds is 5. The Morgan fingerprint density at radius 3 is 2.04 bits per heavy atom. The fraction of sp³-hybridized carbons (Fsp3) is 0.889. The standard InChI is InChI=1S/C18H34N4O2/c1-5-20-10-12-21(13-11-20)14-17(23)22-8-6-16(7-9-22)18(24)19(4)15(2)3/h15-16H,5-14H2,1-4H3. The molecule has 2 amide bonds. The Kier molecular flexibility index (Phi) is 7.04. The predicted molar refractivity (Wildman–Crippen MR) is 95.8 cm³/mol. The van der Waals surface area contributed by atoms with Crippen LogP contribution in [0.15, 0.2) is 0 Å². The fourth-order valence-corrected chi connectivity index (χ4v) is 3.47. The van der Waals surface area contributed by atoms with Crippen LogP contribution >= 0.6 is 0 Å². The lowest BCUT2D eigenvalue weighted by Gasteiger charge is -2.37. The van der Waals surface area contributed by atoms with Gasteiger partial charge in [0.25, 0.3) is 0 Å². The maximum Gasteiger partial charge on any atom is 0.236 e. The second kappa shape index (κ2) is 8.81. The summed E-state index contributed by atoms with van der Waals surface area (Å²) in [6, 6.07) is 0.235. The van der Waals surface area contributed by atoms with E-state index < -0.39 is 0 Å². The molecular weight excluding hydrogens is 304 g/mol. The highest BCUT2D eigenvalue weighted by molar-refractivity contribution is 5.81. The first-order valence-corrected chi connectivity index (χ1v) is 9.41. The number of piperazine rings is 1. The normalized spacial score (nSPS) is 21.3. The summed E-state index contributed by atoms with van der Waals surface area (Å²) in [5, 5.41) is 0. The highest BCUT2D eigenvalue weighted by Gasteiger charge is 2.30. The molecule has 2 saturated heterocycles. The number of carbonyl (C=O) groups excluding carboxylic acids is 2. The number of piperidine rings is 1. The molecule has 0 unspecified atom stereocenters. The van der Waals surface area contributed by atoms with Crippen molar-refractivity contribution in [1.29, 1.82) is 0 Å². The van der Waals surface area contributed by atoms with Crippen molar-refractivity contribution in [2.75, 3.05) is 59.4 Å². The average molecular weight is 338 g/mol. The number of amides is 2. The van der Waals surface area contributed by atoms with Gasteiger partial charge >= 0.3 is 0 Å². The van der Waals surface area contributed by atoms with Gasteiger partial charge in [0.15, 0.2) is 0 Å². The molecule has 0 radical (unpaired) electrons. The van der Waals surface area contributed by atoms with Crippen LogP contribution in [0.1, 0.15) is 33.6 Å². The van der Waals surface area contributed by atoms with Gasteiger partial charge in [-0.15, -0.1) is 0 Å². The predicted octanol–water partition coefficient (Wildman–Crippen LogP) is 0.729. The van der Waals surface area contributed by atoms with Crippen molar-refractivity contribution in [2.45, 2.75) is 39.7 Å². The number of likely N-dealkylation sites (N-methyl/N-ethyl adjacent to an activating group) is 1. The molecule has 0 saturated carbocycles. The second-order valence-electron chi connectivity index (χ2n) is 7.41. The van der Waals surface area contributed by atoms with Crippen LogP contribution < -0.4 is 0 Å². The van der Waals surface area contributed by atoms with Gasteiger partial charge in [0.05, 0.1) is 6.54 Å². The summed E-state index contributed by atoms with van der Waals surface area (Å²) in [6.45, 7) is 13.4. The van der Waals surface area contributed by atoms with E-state index in [0.29, 0.717) is 6.54 Å². The zero-order chi connectivity index (χ0) is 17.7. The molecule has 0 aromatic heterocycles. The van der Waals surface area contributed by atoms with E-state index in [0.717, 1.165) is 58.7 Å². The molecule has 0 bridgehead atoms. The summed E-state index contributed by atoms with van der Waals surface area (Å²) in [7, 11) is 1.88. The molecule has 0 N–H and O–H groups in total. The fourth-order valence-electron chi connectivity index (χ4n) is 3.47. The van der Waals surface area contributed by atoms with Gasteiger partial charge in [-0.25, -0.2) is 0 Å². The lowest BCUT2D eigenvalue weighted by molar-refractivity contribution is -0.141. The lowest BCUT2D eigenvalue weighted by Crippen LogP contribution is -2.51. The van der Waals surface area contributed by atoms with E-state index in [-0.39, 0.29) is 23.8 Å². The largest absolute Gasteiger partial charge is 0.343 e. The van der Waals surface area contributed by atoms with Gasteiger partial charge in [0.1, 0.15) is 0 Å². The summed E-state index contributed by atoms with van der Waals surface area (Å²) in [6.07, 6.45) is 1.59. The third-order valence-electron chi connectivity index (χ3n) is 5.59. The Balaban J connectivity index is 1.74. The molecule has 0 spiro atoms. The summed E-state index contributed by atoms with van der Waals surface area (Å²) in [4.78, 5) is 33.4. The Bertz CT molecular complexity index is 425. The van der Waals surface area contributed by atoms with Gasteiger partial charge in [0.2, 0.25) is 11.8 Å². The molecule has 0 aliphatic carbocycles. The van der Waals surface area contributed by atoms with E-state index in [1.165, 1.54) is 0 Å². The topological polar surface area (TPSA) is 47.1 Å². The minimum Gasteiger partial charge on any atom is -0.343 e. The summed E-state index contributed by atoms with van der Waals surface area (Å²) >= 11 is 0. The zero-order valence-electron chi connectivity index (χ0n) is 15.8. The molecular formula is C18H34N4O2. The molecule has 138 valence electrons. The Morgan fingerprint density at radius 1 is 1.00 bits per heavy atom. The van der Waals surface area contributed by atoms with Gasteiger partial charge in [-0.2, -0.15) is 0 Å². The van der Waals surface area contributed by atoms with E-state index in [2.05, 4.69) is 16.7 Å². The molecule has 6 heteroatoms. The van der Waals surface area contributed by atoms with Crippen molar-refractivity contribution in [2.24, 2.45) is 5.92 Å². The lowest BCUT2D eigenvalue weighted by atomic mass is 9.95. The molecule has 2 aliphatic heterocycles. The van der Waals surface area contributed by atoms with Crippen LogP contribution in [-0.2, 0) is 9.59 Å². The van der Waals surface area contributed by atoms with Gasteiger partial charge in [-0.3, -0.25) is 14.5 Å². The van der Waals surface area contributed by atoms with E-state index in [9.17, 15) is 9.59 Å². The van der Waals surface area contributed by atoms with Crippen LogP contribution in [0.5, 0.6) is 0 Å². The average Bonchev–Trinajstić information content (AvgIpc) is 2.61. The van der Waals surface area contributed by atoms with Crippen molar-refractivity contribution < 1.29 is 9.59 Å². The first-order valence-electron chi connectivity index (χ1n) is 9.41. The molecule has 0 aromatic rings. The van der Waals surface area contributed by atoms with Crippen molar-refractivity contribution in [1.82, 2.24) is 19.6 Å². The number of hydrogen-bond donors (Lipinski definition) is 0. The Hall–Kier alpha value is -1.14. The summed E-state index contributed by atoms with van der Waals surface area (Å²) in [5.41, 5.74) is 0. The highest BCUT2D eigenvalue weighted by atomic mass is 16.2. The number of carbonyl (C=O) groups is 2. The quantitative estimate of drug-likeness (QED) is 0.741. The number of likely N-dealkylation sites (tertiary alicyclic amines) is 1. The van der Waals surface area contributed by atoms with E-state index >= 15 is 0 Å². The SMILES string of the molecule is CCN1CCN(CC(=O)N2CCC(C(=O)N(C)C(C)C)CC2)CC1. The molecule has 2 fully saturated rings. The Labute approximate surface area is 146 Å². The van der Waals surface area contributed by atoms with Gasteiger partial charge in [0, 0.05) is 58.3 Å². The van der Waals surface area contributed by atoms with Crippen molar-refractivity contribution in [3.8, 4) is 0 Å². The third-order valence-corrected chi connectivity index (χ3v) is 5.59. The minimum absolute atomic E-state index is 0.0783. The van der Waals surface area contributed by atoms with E-state index in [1.807, 2.05) is 30.7 Å². The monoisotopic (exact) mass is 338 g/mol. The number of hydrogen-bond acceptors (Lipinski definition) is 4. The van der Waals surface area contributed by atoms with E-state index in [1.54, 1.807) is 0 Å². The smallest absolute Gasteiger partial charge is 0.236 e. The molecule has 6 nitrogen and oxygen atoms in total. The zero-order valence-corrected chi connectivity index (χ0v) is 15.8. The highest BCUT2D eigenvalue weighted by Crippen LogP contribution is 2.20. The molecule has 2 rings (SSSR count). The van der Waals surface area contributed by atoms with E-state index in [4.69, 9.17) is 0 Å². The van der Waals surface area contributed by atoms with Crippen LogP contribution in [-0.4, -0.2) is 96.9 Å². The first kappa shape index (κ1) is 19.2. The molecule has 2 heterocycles. The second-order valence-corrected chi connectivity index (χ2v) is 7.41. The molecule has 0 atom stereocenters. The minimum atomic E-state index is 0.0783. The molecule has 24 heavy (non-hydrogen) atoms. The summed E-state index contributed by atoms with van der Waals surface area (Å²) in [5.74, 6) is 0.533. The van der Waals surface area contributed by atoms with Gasteiger partial charge in [-0.1, -0.05) is 6.92 Å². The van der Waals surface area contributed by atoms with Crippen LogP contribution in [0.3, 0.4) is 0 Å². The van der Waals surface area contributed by atoms with Gasteiger partial charge in [-0.05, 0) is 33.2 Å². The molecule has 2 aliphatic rings. The van der Waals surface area contributed by atoms with Crippen molar-refractivity contribution in [3.63, 3.8) is 0 Å². The van der Waals surface area contributed by atoms with Crippen LogP contribution in [0, 0.1) is 5.92 Å². The maximum atomic E-state index is 12.5. The van der Waals surface area contributed by atoms with Gasteiger partial charge < -0.3 is 14.7 Å². The number of nitrogens with zero attached hydrogens (tertiary/aromatic N) is 4. The van der Waals surface area contributed by atoms with Crippen LogP contribution in [0.25, 0.3) is 0 Å². The van der Waals surface area contributed by atoms with Crippen molar-refractivity contribution >= 4 is 11.8 Å². The maximum absolute atomic E-state index is 12.5. The first-order chi connectivity index (χ1) is 11.4. The third kappa shape index (κ3) is 4.93. The molecule has 0 aromatic carbocycles. The summed E-state index contributed by atoms with van der Waals surface area (Å²) < 4.78 is 0. The van der Waals surface area contributed by atoms with Crippen LogP contribution in [0.2, 0.25) is 0 Å². The van der Waals surface area contributed by atoms with Crippen molar-refractivity contribution in [3.05, 3.63) is 0 Å². The Morgan fingerprint density at radius 2 is 1.54 bits per heavy atom.